The van der Waals surface area contributed by atoms with E-state index in [1.54, 1.807) is 10.6 Å². The first kappa shape index (κ1) is 11.7. The second kappa shape index (κ2) is 4.21. The lowest BCUT2D eigenvalue weighted by molar-refractivity contribution is 0.0995. The molecule has 0 aliphatic rings. The minimum atomic E-state index is -0.535. The van der Waals surface area contributed by atoms with Gasteiger partial charge < -0.3 is 10.2 Å². The fourth-order valence-electron chi connectivity index (χ4n) is 2.56. The number of imidazole rings is 1. The number of carbonyl (C=O) groups is 1. The average Bonchev–Trinajstić information content (AvgIpc) is 3.06. The number of rotatable bonds is 2. The summed E-state index contributed by atoms with van der Waals surface area (Å²) in [4.78, 5) is 16.1. The molecule has 2 aromatic heterocycles. The molecule has 4 aromatic rings. The highest BCUT2D eigenvalue weighted by Gasteiger charge is 2.20. The molecule has 0 fully saturated rings. The second-order valence-corrected chi connectivity index (χ2v) is 4.79. The Bertz CT molecular complexity index is 981. The number of oxazole rings is 1. The van der Waals surface area contributed by atoms with Crippen molar-refractivity contribution in [1.29, 1.82) is 0 Å². The van der Waals surface area contributed by atoms with Crippen LogP contribution in [0.5, 0.6) is 0 Å². The van der Waals surface area contributed by atoms with Crippen LogP contribution in [0, 0.1) is 0 Å². The van der Waals surface area contributed by atoms with E-state index in [0.29, 0.717) is 17.2 Å². The van der Waals surface area contributed by atoms with E-state index in [1.165, 1.54) is 6.26 Å². The van der Waals surface area contributed by atoms with E-state index in [2.05, 4.69) is 4.98 Å². The first-order valence-electron chi connectivity index (χ1n) is 6.48. The van der Waals surface area contributed by atoms with Crippen molar-refractivity contribution in [3.8, 4) is 11.3 Å². The Morgan fingerprint density at radius 1 is 1.14 bits per heavy atom. The Balaban J connectivity index is 2.01. The number of hydrogen-bond acceptors (Lipinski definition) is 3. The smallest absolute Gasteiger partial charge is 0.306 e. The van der Waals surface area contributed by atoms with Gasteiger partial charge in [-0.25, -0.2) is 0 Å². The van der Waals surface area contributed by atoms with Crippen LogP contribution in [-0.4, -0.2) is 15.3 Å². The number of carbonyl (C=O) groups excluding carboxylic acids is 1. The molecule has 0 aliphatic heterocycles. The van der Waals surface area contributed by atoms with Gasteiger partial charge in [-0.05, 0) is 16.8 Å². The van der Waals surface area contributed by atoms with Gasteiger partial charge in [-0.3, -0.25) is 9.20 Å². The summed E-state index contributed by atoms with van der Waals surface area (Å²) in [6, 6.07) is 13.9. The molecule has 2 aromatic carbocycles. The van der Waals surface area contributed by atoms with Crippen LogP contribution in [0.1, 0.15) is 10.5 Å². The van der Waals surface area contributed by atoms with Crippen molar-refractivity contribution >= 4 is 22.5 Å². The number of nitrogens with two attached hydrogens (primary N) is 1. The Morgan fingerprint density at radius 3 is 2.76 bits per heavy atom. The standard InChI is InChI=1S/C16H11N3O2/c17-15(20)14-13(18-16-19(14)7-8-21-16)12-6-5-10-3-1-2-4-11(10)9-12/h1-9H,(H2,17,20). The second-order valence-electron chi connectivity index (χ2n) is 4.79. The predicted molar refractivity (Wildman–Crippen MR) is 78.9 cm³/mol. The summed E-state index contributed by atoms with van der Waals surface area (Å²) in [6.07, 6.45) is 3.10. The Labute approximate surface area is 119 Å². The van der Waals surface area contributed by atoms with Crippen molar-refractivity contribution < 1.29 is 9.21 Å². The first-order chi connectivity index (χ1) is 10.2. The normalized spacial score (nSPS) is 11.2. The minimum absolute atomic E-state index is 0.328. The molecule has 0 radical (unpaired) electrons. The maximum Gasteiger partial charge on any atom is 0.306 e. The molecular weight excluding hydrogens is 266 g/mol. The van der Waals surface area contributed by atoms with E-state index in [0.717, 1.165) is 16.3 Å². The molecule has 2 heterocycles. The third-order valence-corrected chi connectivity index (χ3v) is 3.52. The molecular formula is C16H11N3O2. The van der Waals surface area contributed by atoms with E-state index in [-0.39, 0.29) is 0 Å². The van der Waals surface area contributed by atoms with Crippen molar-refractivity contribution in [2.45, 2.75) is 0 Å². The van der Waals surface area contributed by atoms with Gasteiger partial charge >= 0.3 is 5.84 Å². The van der Waals surface area contributed by atoms with Crippen molar-refractivity contribution in [2.24, 2.45) is 5.73 Å². The molecule has 1 amide bonds. The molecule has 5 nitrogen and oxygen atoms in total. The molecule has 0 saturated carbocycles. The third-order valence-electron chi connectivity index (χ3n) is 3.52. The number of amides is 1. The molecule has 5 heteroatoms. The highest BCUT2D eigenvalue weighted by atomic mass is 16.3. The number of nitrogens with zero attached hydrogens (tertiary/aromatic N) is 2. The molecule has 0 saturated heterocycles. The number of fused-ring (bicyclic) bond motifs is 2. The van der Waals surface area contributed by atoms with Crippen LogP contribution in [0.4, 0.5) is 0 Å². The SMILES string of the molecule is NC(=O)c1c(-c2ccc3ccccc3c2)nc2occn12. The lowest BCUT2D eigenvalue weighted by Gasteiger charge is -2.03. The van der Waals surface area contributed by atoms with Crippen LogP contribution < -0.4 is 5.73 Å². The molecule has 4 rings (SSSR count). The van der Waals surface area contributed by atoms with Crippen LogP contribution in [0.15, 0.2) is 59.3 Å². The zero-order chi connectivity index (χ0) is 14.4. The third kappa shape index (κ3) is 1.71. The van der Waals surface area contributed by atoms with Crippen molar-refractivity contribution in [3.63, 3.8) is 0 Å². The molecule has 0 aliphatic carbocycles. The van der Waals surface area contributed by atoms with Gasteiger partial charge in [0.15, 0.2) is 0 Å². The minimum Gasteiger partial charge on any atom is -0.432 e. The predicted octanol–water partition coefficient (Wildman–Crippen LogP) is 2.85. The maximum atomic E-state index is 11.8. The average molecular weight is 277 g/mol. The van der Waals surface area contributed by atoms with Gasteiger partial charge in [0.1, 0.15) is 17.7 Å². The Hall–Kier alpha value is -3.08. The van der Waals surface area contributed by atoms with E-state index in [9.17, 15) is 4.79 Å². The van der Waals surface area contributed by atoms with Gasteiger partial charge in [0, 0.05) is 11.8 Å². The lowest BCUT2D eigenvalue weighted by atomic mass is 10.0. The molecule has 0 bridgehead atoms. The first-order valence-corrected chi connectivity index (χ1v) is 6.48. The highest BCUT2D eigenvalue weighted by molar-refractivity contribution is 5.99. The number of benzene rings is 2. The van der Waals surface area contributed by atoms with Crippen LogP contribution in [0.3, 0.4) is 0 Å². The van der Waals surface area contributed by atoms with Gasteiger partial charge in [-0.1, -0.05) is 36.4 Å². The van der Waals surface area contributed by atoms with Crippen LogP contribution >= 0.6 is 0 Å². The highest BCUT2D eigenvalue weighted by Crippen LogP contribution is 2.27. The number of aromatic nitrogens is 2. The van der Waals surface area contributed by atoms with E-state index in [4.69, 9.17) is 10.2 Å². The lowest BCUT2D eigenvalue weighted by Crippen LogP contribution is -2.14. The molecule has 2 N–H and O–H groups in total. The fourth-order valence-corrected chi connectivity index (χ4v) is 2.56. The van der Waals surface area contributed by atoms with Crippen LogP contribution in [-0.2, 0) is 0 Å². The summed E-state index contributed by atoms with van der Waals surface area (Å²) in [5.74, 6) is -0.181. The molecule has 0 atom stereocenters. The van der Waals surface area contributed by atoms with Gasteiger partial charge in [-0.15, -0.1) is 0 Å². The summed E-state index contributed by atoms with van der Waals surface area (Å²) in [7, 11) is 0. The summed E-state index contributed by atoms with van der Waals surface area (Å²) >= 11 is 0. The molecule has 102 valence electrons. The van der Waals surface area contributed by atoms with Gasteiger partial charge in [0.25, 0.3) is 5.91 Å². The largest absolute Gasteiger partial charge is 0.432 e. The zero-order valence-corrected chi connectivity index (χ0v) is 11.0. The van der Waals surface area contributed by atoms with Gasteiger partial charge in [-0.2, -0.15) is 4.98 Å². The summed E-state index contributed by atoms with van der Waals surface area (Å²) in [6.45, 7) is 0. The van der Waals surface area contributed by atoms with E-state index >= 15 is 0 Å². The maximum absolute atomic E-state index is 11.8. The quantitative estimate of drug-likeness (QED) is 0.612. The molecule has 0 spiro atoms. The number of hydrogen-bond donors (Lipinski definition) is 1. The summed E-state index contributed by atoms with van der Waals surface area (Å²) in [5, 5.41) is 2.21. The molecule has 0 unspecified atom stereocenters. The van der Waals surface area contributed by atoms with Crippen LogP contribution in [0.25, 0.3) is 27.9 Å². The Kier molecular flexibility index (Phi) is 2.35. The topological polar surface area (TPSA) is 73.5 Å². The zero-order valence-electron chi connectivity index (χ0n) is 11.0. The van der Waals surface area contributed by atoms with E-state index < -0.39 is 5.91 Å². The monoisotopic (exact) mass is 277 g/mol. The molecule has 21 heavy (non-hydrogen) atoms. The van der Waals surface area contributed by atoms with Gasteiger partial charge in [0.05, 0.1) is 0 Å². The van der Waals surface area contributed by atoms with E-state index in [1.807, 2.05) is 42.5 Å². The van der Waals surface area contributed by atoms with Crippen molar-refractivity contribution in [2.75, 3.05) is 0 Å². The van der Waals surface area contributed by atoms with Crippen molar-refractivity contribution in [3.05, 3.63) is 60.6 Å². The van der Waals surface area contributed by atoms with Gasteiger partial charge in [0.2, 0.25) is 0 Å². The summed E-state index contributed by atoms with van der Waals surface area (Å²) in [5.41, 5.74) is 7.19. The fraction of sp³-hybridized carbons (Fsp3) is 0. The number of primary amides is 1. The Morgan fingerprint density at radius 2 is 1.95 bits per heavy atom. The summed E-state index contributed by atoms with van der Waals surface area (Å²) < 4.78 is 6.80. The van der Waals surface area contributed by atoms with Crippen molar-refractivity contribution in [1.82, 2.24) is 9.38 Å². The van der Waals surface area contributed by atoms with Crippen LogP contribution in [0.2, 0.25) is 0 Å².